The van der Waals surface area contributed by atoms with E-state index in [0.717, 1.165) is 56.2 Å². The maximum atomic E-state index is 5.20. The first-order chi connectivity index (χ1) is 31.3. The zero-order chi connectivity index (χ0) is 41.4. The van der Waals surface area contributed by atoms with E-state index in [4.69, 9.17) is 9.97 Å². The summed E-state index contributed by atoms with van der Waals surface area (Å²) in [4.78, 5) is 10.3. The van der Waals surface area contributed by atoms with Gasteiger partial charge in [-0.15, -0.1) is 0 Å². The van der Waals surface area contributed by atoms with E-state index in [0.29, 0.717) is 5.82 Å². The van der Waals surface area contributed by atoms with Crippen LogP contribution in [0.5, 0.6) is 0 Å². The van der Waals surface area contributed by atoms with Gasteiger partial charge in [0.1, 0.15) is 0 Å². The summed E-state index contributed by atoms with van der Waals surface area (Å²) < 4.78 is 7.29. The third-order valence-electron chi connectivity index (χ3n) is 12.6. The molecule has 0 aliphatic rings. The van der Waals surface area contributed by atoms with Gasteiger partial charge >= 0.3 is 0 Å². The van der Waals surface area contributed by atoms with Gasteiger partial charge in [-0.05, 0) is 72.8 Å². The smallest absolute Gasteiger partial charge is 0.160 e. The van der Waals surface area contributed by atoms with Gasteiger partial charge in [0, 0.05) is 66.1 Å². The molecular weight excluding hydrogens is 767 g/mol. The molecule has 4 aromatic heterocycles. The lowest BCUT2D eigenvalue weighted by Crippen LogP contribution is -1.97. The second kappa shape index (κ2) is 14.0. The van der Waals surface area contributed by atoms with Crippen molar-refractivity contribution in [3.05, 3.63) is 224 Å². The zero-order valence-electron chi connectivity index (χ0n) is 34.1. The molecule has 0 radical (unpaired) electrons. The molecule has 0 spiro atoms. The van der Waals surface area contributed by atoms with E-state index < -0.39 is 0 Å². The summed E-state index contributed by atoms with van der Waals surface area (Å²) >= 11 is 0. The monoisotopic (exact) mass is 803 g/mol. The molecule has 5 nitrogen and oxygen atoms in total. The molecule has 13 aromatic rings. The van der Waals surface area contributed by atoms with Gasteiger partial charge < -0.3 is 13.7 Å². The van der Waals surface area contributed by atoms with Gasteiger partial charge in [0.2, 0.25) is 0 Å². The van der Waals surface area contributed by atoms with Crippen molar-refractivity contribution in [2.75, 3.05) is 0 Å². The van der Waals surface area contributed by atoms with E-state index in [1.54, 1.807) is 0 Å². The van der Waals surface area contributed by atoms with E-state index in [1.165, 1.54) is 54.4 Å². The summed E-state index contributed by atoms with van der Waals surface area (Å²) in [7, 11) is 0. The molecule has 0 atom stereocenters. The van der Waals surface area contributed by atoms with Crippen molar-refractivity contribution in [1.82, 2.24) is 23.7 Å². The lowest BCUT2D eigenvalue weighted by molar-refractivity contribution is 1.16. The van der Waals surface area contributed by atoms with Crippen LogP contribution in [0.4, 0.5) is 0 Å². The number of hydrogen-bond donors (Lipinski definition) is 0. The Morgan fingerprint density at radius 2 is 0.778 bits per heavy atom. The minimum Gasteiger partial charge on any atom is -0.309 e. The maximum absolute atomic E-state index is 5.20. The van der Waals surface area contributed by atoms with Crippen LogP contribution in [0.1, 0.15) is 0 Å². The third kappa shape index (κ3) is 5.50. The van der Waals surface area contributed by atoms with Crippen LogP contribution in [0.2, 0.25) is 0 Å². The topological polar surface area (TPSA) is 40.6 Å². The Kier molecular flexibility index (Phi) is 7.84. The molecule has 63 heavy (non-hydrogen) atoms. The largest absolute Gasteiger partial charge is 0.309 e. The van der Waals surface area contributed by atoms with E-state index in [9.17, 15) is 0 Å². The van der Waals surface area contributed by atoms with Gasteiger partial charge in [0.05, 0.1) is 44.5 Å². The predicted molar refractivity (Wildman–Crippen MR) is 261 cm³/mol. The van der Waals surface area contributed by atoms with Crippen LogP contribution in [0.3, 0.4) is 0 Å². The van der Waals surface area contributed by atoms with Crippen molar-refractivity contribution in [2.45, 2.75) is 0 Å². The highest BCUT2D eigenvalue weighted by molar-refractivity contribution is 6.26. The molecular formula is C58H37N5. The Balaban J connectivity index is 1.06. The molecule has 0 fully saturated rings. The Morgan fingerprint density at radius 1 is 0.270 bits per heavy atom. The Labute approximate surface area is 363 Å². The molecule has 294 valence electrons. The highest BCUT2D eigenvalue weighted by Crippen LogP contribution is 2.43. The van der Waals surface area contributed by atoms with Crippen LogP contribution in [-0.2, 0) is 0 Å². The number of aromatic nitrogens is 5. The second-order valence-electron chi connectivity index (χ2n) is 16.2. The Morgan fingerprint density at radius 3 is 1.49 bits per heavy atom. The quantitative estimate of drug-likeness (QED) is 0.168. The van der Waals surface area contributed by atoms with Crippen molar-refractivity contribution < 1.29 is 0 Å². The molecule has 4 heterocycles. The average Bonchev–Trinajstić information content (AvgIpc) is 4.00. The summed E-state index contributed by atoms with van der Waals surface area (Å²) in [6, 6.07) is 80.2. The van der Waals surface area contributed by atoms with E-state index >= 15 is 0 Å². The second-order valence-corrected chi connectivity index (χ2v) is 16.2. The van der Waals surface area contributed by atoms with Gasteiger partial charge in [-0.2, -0.15) is 0 Å². The first-order valence-corrected chi connectivity index (χ1v) is 21.4. The minimum atomic E-state index is 0.702. The molecule has 0 saturated heterocycles. The first kappa shape index (κ1) is 35.2. The van der Waals surface area contributed by atoms with Gasteiger partial charge in [-0.3, -0.25) is 0 Å². The minimum absolute atomic E-state index is 0.702. The molecule has 9 aromatic carbocycles. The molecule has 0 N–H and O–H groups in total. The van der Waals surface area contributed by atoms with E-state index in [1.807, 2.05) is 24.3 Å². The lowest BCUT2D eigenvalue weighted by Gasteiger charge is -2.11. The number of nitrogens with zero attached hydrogens (tertiary/aromatic N) is 5. The summed E-state index contributed by atoms with van der Waals surface area (Å²) in [5, 5.41) is 7.32. The molecule has 0 unspecified atom stereocenters. The SMILES string of the molecule is c1ccc(-c2cc(-c3ccc4c5cc(-n6c7ccccc7c7c6ccc6c8ccccc8n(-c8ccccc8)c67)ccc5n(-c5ccccc5)c4c3)nc(-c3ccccc3)n2)cc1. The number of benzene rings is 9. The van der Waals surface area contributed by atoms with Crippen molar-refractivity contribution in [3.8, 4) is 51.0 Å². The first-order valence-electron chi connectivity index (χ1n) is 21.4. The zero-order valence-corrected chi connectivity index (χ0v) is 34.1. The molecule has 13 rings (SSSR count). The van der Waals surface area contributed by atoms with Gasteiger partial charge in [0.25, 0.3) is 0 Å². The van der Waals surface area contributed by atoms with Crippen molar-refractivity contribution in [3.63, 3.8) is 0 Å². The summed E-state index contributed by atoms with van der Waals surface area (Å²) in [5.74, 6) is 0.702. The molecule has 0 aliphatic heterocycles. The van der Waals surface area contributed by atoms with Crippen LogP contribution < -0.4 is 0 Å². The van der Waals surface area contributed by atoms with Crippen LogP contribution in [-0.4, -0.2) is 23.7 Å². The molecule has 0 saturated carbocycles. The molecule has 0 aliphatic carbocycles. The van der Waals surface area contributed by atoms with Crippen molar-refractivity contribution in [1.29, 1.82) is 0 Å². The highest BCUT2D eigenvalue weighted by atomic mass is 15.0. The number of hydrogen-bond acceptors (Lipinski definition) is 2. The standard InChI is InChI=1S/C58H37N5/c1-5-17-38(18-6-1)49-37-50(60-58(59-49)39-19-7-2-8-20-39)40-29-31-45-48-36-43(30-33-53(48)61(55(45)35-40)41-21-9-3-10-22-41)62-52-28-16-14-26-47(52)56-54(62)34-32-46-44-25-13-15-27-51(44)63(57(46)56)42-23-11-4-12-24-42/h1-37H. The fourth-order valence-electron chi connectivity index (χ4n) is 9.86. The maximum Gasteiger partial charge on any atom is 0.160 e. The van der Waals surface area contributed by atoms with Crippen molar-refractivity contribution in [2.24, 2.45) is 0 Å². The van der Waals surface area contributed by atoms with Crippen LogP contribution in [0.15, 0.2) is 224 Å². The van der Waals surface area contributed by atoms with Crippen LogP contribution >= 0.6 is 0 Å². The fraction of sp³-hybridized carbons (Fsp3) is 0. The molecule has 0 bridgehead atoms. The van der Waals surface area contributed by atoms with Gasteiger partial charge in [-0.25, -0.2) is 9.97 Å². The number of fused-ring (bicyclic) bond motifs is 10. The van der Waals surface area contributed by atoms with Crippen LogP contribution in [0, 0.1) is 0 Å². The average molecular weight is 804 g/mol. The Hall–Kier alpha value is -8.54. The van der Waals surface area contributed by atoms with E-state index in [2.05, 4.69) is 214 Å². The lowest BCUT2D eigenvalue weighted by atomic mass is 10.0. The van der Waals surface area contributed by atoms with Gasteiger partial charge in [0.15, 0.2) is 5.82 Å². The number of para-hydroxylation sites is 4. The van der Waals surface area contributed by atoms with Gasteiger partial charge in [-0.1, -0.05) is 152 Å². The molecule has 5 heteroatoms. The van der Waals surface area contributed by atoms with E-state index in [-0.39, 0.29) is 0 Å². The summed E-state index contributed by atoms with van der Waals surface area (Å²) in [6.07, 6.45) is 0. The predicted octanol–water partition coefficient (Wildman–Crippen LogP) is 14.8. The fourth-order valence-corrected chi connectivity index (χ4v) is 9.86. The summed E-state index contributed by atoms with van der Waals surface area (Å²) in [5.41, 5.74) is 15.2. The van der Waals surface area contributed by atoms with Crippen molar-refractivity contribution >= 4 is 65.4 Å². The normalized spacial score (nSPS) is 11.8. The number of rotatable bonds is 6. The molecule has 0 amide bonds. The highest BCUT2D eigenvalue weighted by Gasteiger charge is 2.22. The van der Waals surface area contributed by atoms with Crippen LogP contribution in [0.25, 0.3) is 116 Å². The third-order valence-corrected chi connectivity index (χ3v) is 12.6. The Bertz CT molecular complexity index is 3820. The summed E-state index contributed by atoms with van der Waals surface area (Å²) in [6.45, 7) is 0.